The van der Waals surface area contributed by atoms with Crippen LogP contribution in [0.25, 0.3) is 0 Å². The maximum Gasteiger partial charge on any atom is 0.237 e. The number of carbonyl (C=O) groups excluding carboxylic acids is 1. The van der Waals surface area contributed by atoms with Crippen LogP contribution in [-0.2, 0) is 17.8 Å². The molecule has 0 unspecified atom stereocenters. The lowest BCUT2D eigenvalue weighted by atomic mass is 10.2. The molecular weight excluding hydrogens is 332 g/mol. The Morgan fingerprint density at radius 3 is 2.40 bits per heavy atom. The highest BCUT2D eigenvalue weighted by Gasteiger charge is 2.17. The van der Waals surface area contributed by atoms with Crippen molar-refractivity contribution in [2.75, 3.05) is 10.7 Å². The Bertz CT molecular complexity index is 805. The fraction of sp³-hybridized carbons (Fsp3) is 0.211. The van der Waals surface area contributed by atoms with Gasteiger partial charge in [-0.15, -0.1) is 5.10 Å². The molecule has 25 heavy (non-hydrogen) atoms. The molecule has 2 aromatic carbocycles. The number of rotatable bonds is 7. The number of H-pyrrole nitrogens is 1. The first-order valence-corrected chi connectivity index (χ1v) is 9.18. The Morgan fingerprint density at radius 1 is 1.08 bits per heavy atom. The minimum absolute atomic E-state index is 0.0305. The first-order valence-electron chi connectivity index (χ1n) is 8.19. The Hall–Kier alpha value is -2.60. The highest BCUT2D eigenvalue weighted by atomic mass is 32.2. The van der Waals surface area contributed by atoms with E-state index in [9.17, 15) is 4.79 Å². The number of para-hydroxylation sites is 1. The van der Waals surface area contributed by atoms with E-state index in [1.54, 1.807) is 4.90 Å². The van der Waals surface area contributed by atoms with E-state index >= 15 is 0 Å². The van der Waals surface area contributed by atoms with Crippen molar-refractivity contribution in [1.82, 2.24) is 15.2 Å². The van der Waals surface area contributed by atoms with Gasteiger partial charge in [0, 0.05) is 12.1 Å². The van der Waals surface area contributed by atoms with Gasteiger partial charge in [-0.3, -0.25) is 9.89 Å². The van der Waals surface area contributed by atoms with Crippen LogP contribution < -0.4 is 4.90 Å². The van der Waals surface area contributed by atoms with Gasteiger partial charge < -0.3 is 4.90 Å². The van der Waals surface area contributed by atoms with Gasteiger partial charge in [0.25, 0.3) is 0 Å². The molecule has 128 valence electrons. The number of aromatic amines is 1. The maximum atomic E-state index is 12.8. The van der Waals surface area contributed by atoms with E-state index in [4.69, 9.17) is 0 Å². The standard InChI is InChI=1S/C19H20N4OS/c1-2-17-20-19(22-21-17)25-14-18(24)23(16-11-7-4-8-12-16)13-15-9-5-3-6-10-15/h3-12H,2,13-14H2,1H3,(H,20,21,22). The number of hydrogen-bond donors (Lipinski definition) is 1. The number of aromatic nitrogens is 3. The van der Waals surface area contributed by atoms with Crippen LogP contribution in [0, 0.1) is 0 Å². The molecule has 0 spiro atoms. The Morgan fingerprint density at radius 2 is 1.76 bits per heavy atom. The molecule has 0 saturated heterocycles. The molecule has 1 N–H and O–H groups in total. The third-order valence-corrected chi connectivity index (χ3v) is 4.56. The molecule has 0 fully saturated rings. The van der Waals surface area contributed by atoms with E-state index < -0.39 is 0 Å². The summed E-state index contributed by atoms with van der Waals surface area (Å²) < 4.78 is 0. The van der Waals surface area contributed by atoms with E-state index in [0.717, 1.165) is 23.5 Å². The lowest BCUT2D eigenvalue weighted by Crippen LogP contribution is -2.31. The van der Waals surface area contributed by atoms with Crippen molar-refractivity contribution in [2.45, 2.75) is 25.0 Å². The normalized spacial score (nSPS) is 10.6. The van der Waals surface area contributed by atoms with Crippen LogP contribution in [0.3, 0.4) is 0 Å². The molecule has 1 amide bonds. The molecule has 0 bridgehead atoms. The van der Waals surface area contributed by atoms with Gasteiger partial charge in [0.2, 0.25) is 11.1 Å². The SMILES string of the molecule is CCc1nc(SCC(=O)N(Cc2ccccc2)c2ccccc2)n[nH]1. The third-order valence-electron chi connectivity index (χ3n) is 3.72. The lowest BCUT2D eigenvalue weighted by Gasteiger charge is -2.22. The third kappa shape index (κ3) is 4.70. The van der Waals surface area contributed by atoms with Crippen molar-refractivity contribution >= 4 is 23.4 Å². The number of anilines is 1. The molecule has 1 aromatic heterocycles. The summed E-state index contributed by atoms with van der Waals surface area (Å²) in [6.45, 7) is 2.55. The fourth-order valence-corrected chi connectivity index (χ4v) is 3.10. The first-order chi connectivity index (χ1) is 12.3. The summed E-state index contributed by atoms with van der Waals surface area (Å²) >= 11 is 1.35. The Balaban J connectivity index is 1.72. The molecule has 1 heterocycles. The number of benzene rings is 2. The largest absolute Gasteiger partial charge is 0.307 e. The maximum absolute atomic E-state index is 12.8. The number of amides is 1. The molecule has 0 aliphatic rings. The van der Waals surface area contributed by atoms with Crippen molar-refractivity contribution in [1.29, 1.82) is 0 Å². The van der Waals surface area contributed by atoms with E-state index in [1.807, 2.05) is 67.6 Å². The zero-order valence-electron chi connectivity index (χ0n) is 14.1. The second kappa shape index (κ2) is 8.48. The predicted octanol–water partition coefficient (Wildman–Crippen LogP) is 3.69. The van der Waals surface area contributed by atoms with Crippen molar-refractivity contribution in [3.05, 3.63) is 72.1 Å². The van der Waals surface area contributed by atoms with Crippen LogP contribution in [0.15, 0.2) is 65.8 Å². The van der Waals surface area contributed by atoms with Gasteiger partial charge in [-0.2, -0.15) is 0 Å². The topological polar surface area (TPSA) is 61.9 Å². The summed E-state index contributed by atoms with van der Waals surface area (Å²) in [4.78, 5) is 19.0. The van der Waals surface area contributed by atoms with Gasteiger partial charge in [-0.05, 0) is 17.7 Å². The minimum Gasteiger partial charge on any atom is -0.307 e. The Labute approximate surface area is 151 Å². The van der Waals surface area contributed by atoms with Crippen LogP contribution >= 0.6 is 11.8 Å². The zero-order chi connectivity index (χ0) is 17.5. The van der Waals surface area contributed by atoms with E-state index in [0.29, 0.717) is 17.5 Å². The van der Waals surface area contributed by atoms with Gasteiger partial charge in [0.15, 0.2) is 0 Å². The van der Waals surface area contributed by atoms with Crippen LogP contribution in [0.2, 0.25) is 0 Å². The van der Waals surface area contributed by atoms with Gasteiger partial charge in [0.1, 0.15) is 5.82 Å². The number of thioether (sulfide) groups is 1. The van der Waals surface area contributed by atoms with Gasteiger partial charge in [-0.25, -0.2) is 4.98 Å². The number of nitrogens with zero attached hydrogens (tertiary/aromatic N) is 3. The van der Waals surface area contributed by atoms with E-state index in [2.05, 4.69) is 15.2 Å². The zero-order valence-corrected chi connectivity index (χ0v) is 14.9. The molecule has 5 nitrogen and oxygen atoms in total. The smallest absolute Gasteiger partial charge is 0.237 e. The van der Waals surface area contributed by atoms with Crippen LogP contribution in [0.1, 0.15) is 18.3 Å². The van der Waals surface area contributed by atoms with E-state index in [-0.39, 0.29) is 5.91 Å². The predicted molar refractivity (Wildman–Crippen MR) is 101 cm³/mol. The molecule has 6 heteroatoms. The second-order valence-corrected chi connectivity index (χ2v) is 6.45. The summed E-state index contributed by atoms with van der Waals surface area (Å²) in [6.07, 6.45) is 0.797. The van der Waals surface area contributed by atoms with Gasteiger partial charge in [0.05, 0.1) is 12.3 Å². The number of hydrogen-bond acceptors (Lipinski definition) is 4. The Kier molecular flexibility index (Phi) is 5.85. The quantitative estimate of drug-likeness (QED) is 0.659. The van der Waals surface area contributed by atoms with Crippen molar-refractivity contribution < 1.29 is 4.79 Å². The molecule has 0 saturated carbocycles. The number of nitrogens with one attached hydrogen (secondary N) is 1. The molecule has 3 rings (SSSR count). The van der Waals surface area contributed by atoms with Crippen LogP contribution in [0.4, 0.5) is 5.69 Å². The van der Waals surface area contributed by atoms with Gasteiger partial charge >= 0.3 is 0 Å². The summed E-state index contributed by atoms with van der Waals surface area (Å²) in [5.74, 6) is 1.16. The number of carbonyl (C=O) groups is 1. The minimum atomic E-state index is 0.0305. The second-order valence-electron chi connectivity index (χ2n) is 5.51. The molecule has 0 radical (unpaired) electrons. The van der Waals surface area contributed by atoms with E-state index in [1.165, 1.54) is 11.8 Å². The molecule has 0 atom stereocenters. The highest BCUT2D eigenvalue weighted by molar-refractivity contribution is 7.99. The summed E-state index contributed by atoms with van der Waals surface area (Å²) in [6, 6.07) is 19.7. The summed E-state index contributed by atoms with van der Waals surface area (Å²) in [5.41, 5.74) is 1.98. The monoisotopic (exact) mass is 352 g/mol. The molecule has 3 aromatic rings. The van der Waals surface area contributed by atoms with Crippen molar-refractivity contribution in [2.24, 2.45) is 0 Å². The van der Waals surface area contributed by atoms with Crippen LogP contribution in [-0.4, -0.2) is 26.8 Å². The average molecular weight is 352 g/mol. The highest BCUT2D eigenvalue weighted by Crippen LogP contribution is 2.20. The molecule has 0 aliphatic carbocycles. The average Bonchev–Trinajstić information content (AvgIpc) is 3.14. The molecular formula is C19H20N4OS. The van der Waals surface area contributed by atoms with Gasteiger partial charge in [-0.1, -0.05) is 67.2 Å². The summed E-state index contributed by atoms with van der Waals surface area (Å²) in [7, 11) is 0. The summed E-state index contributed by atoms with van der Waals surface area (Å²) in [5, 5.41) is 7.61. The lowest BCUT2D eigenvalue weighted by molar-refractivity contribution is -0.116. The fourth-order valence-electron chi connectivity index (χ4n) is 2.40. The van der Waals surface area contributed by atoms with Crippen molar-refractivity contribution in [3.63, 3.8) is 0 Å². The van der Waals surface area contributed by atoms with Crippen LogP contribution in [0.5, 0.6) is 0 Å². The molecule has 0 aliphatic heterocycles. The van der Waals surface area contributed by atoms with Crippen molar-refractivity contribution in [3.8, 4) is 0 Å². The number of aryl methyl sites for hydroxylation is 1. The first kappa shape index (κ1) is 17.2.